The van der Waals surface area contributed by atoms with Crippen LogP contribution in [0.2, 0.25) is 0 Å². The molecule has 0 radical (unpaired) electrons. The lowest BCUT2D eigenvalue weighted by Gasteiger charge is -2.42. The zero-order valence-electron chi connectivity index (χ0n) is 11.8. The lowest BCUT2D eigenvalue weighted by Crippen LogP contribution is -2.51. The molecular weight excluding hydrogens is 212 g/mol. The van der Waals surface area contributed by atoms with E-state index in [-0.39, 0.29) is 0 Å². The highest BCUT2D eigenvalue weighted by atomic mass is 16.5. The van der Waals surface area contributed by atoms with E-state index >= 15 is 0 Å². The number of morpholine rings is 1. The lowest BCUT2D eigenvalue weighted by atomic mass is 9.76. The van der Waals surface area contributed by atoms with Crippen LogP contribution in [0.3, 0.4) is 0 Å². The largest absolute Gasteiger partial charge is 0.373 e. The molecule has 3 atom stereocenters. The normalized spacial score (nSPS) is 40.1. The van der Waals surface area contributed by atoms with Crippen LogP contribution >= 0.6 is 0 Å². The summed E-state index contributed by atoms with van der Waals surface area (Å²) in [5.41, 5.74) is 0.483. The summed E-state index contributed by atoms with van der Waals surface area (Å²) in [7, 11) is 0. The molecule has 3 heteroatoms. The van der Waals surface area contributed by atoms with E-state index in [1.807, 2.05) is 0 Å². The first kappa shape index (κ1) is 13.3. The van der Waals surface area contributed by atoms with Gasteiger partial charge in [-0.15, -0.1) is 0 Å². The molecule has 17 heavy (non-hydrogen) atoms. The molecule has 2 saturated heterocycles. The summed E-state index contributed by atoms with van der Waals surface area (Å²) >= 11 is 0. The molecule has 2 fully saturated rings. The number of rotatable bonds is 3. The summed E-state index contributed by atoms with van der Waals surface area (Å²) in [5, 5.41) is 3.55. The van der Waals surface area contributed by atoms with Gasteiger partial charge in [0.25, 0.3) is 0 Å². The summed E-state index contributed by atoms with van der Waals surface area (Å²) in [6, 6.07) is 0. The van der Waals surface area contributed by atoms with Gasteiger partial charge in [0.2, 0.25) is 0 Å². The highest BCUT2D eigenvalue weighted by Gasteiger charge is 2.39. The zero-order valence-corrected chi connectivity index (χ0v) is 11.8. The fourth-order valence-electron chi connectivity index (χ4n) is 3.43. The van der Waals surface area contributed by atoms with E-state index in [0.29, 0.717) is 17.6 Å². The average molecular weight is 240 g/mol. The van der Waals surface area contributed by atoms with Crippen molar-refractivity contribution in [3.8, 4) is 0 Å². The van der Waals surface area contributed by atoms with Crippen LogP contribution in [0.15, 0.2) is 0 Å². The van der Waals surface area contributed by atoms with Gasteiger partial charge < -0.3 is 10.1 Å². The first-order chi connectivity index (χ1) is 8.02. The molecule has 0 aliphatic carbocycles. The Labute approximate surface area is 106 Å². The van der Waals surface area contributed by atoms with E-state index in [1.54, 1.807) is 0 Å². The third-order valence-electron chi connectivity index (χ3n) is 4.54. The van der Waals surface area contributed by atoms with E-state index < -0.39 is 0 Å². The van der Waals surface area contributed by atoms with Crippen molar-refractivity contribution in [3.05, 3.63) is 0 Å². The van der Waals surface area contributed by atoms with Crippen molar-refractivity contribution in [1.82, 2.24) is 10.2 Å². The topological polar surface area (TPSA) is 24.5 Å². The van der Waals surface area contributed by atoms with Gasteiger partial charge in [0.15, 0.2) is 0 Å². The van der Waals surface area contributed by atoms with Crippen molar-refractivity contribution >= 4 is 0 Å². The van der Waals surface area contributed by atoms with Gasteiger partial charge in [0, 0.05) is 26.2 Å². The zero-order chi connectivity index (χ0) is 12.5. The minimum atomic E-state index is 0.386. The molecule has 0 aromatic rings. The van der Waals surface area contributed by atoms with Crippen LogP contribution in [-0.4, -0.2) is 49.8 Å². The van der Waals surface area contributed by atoms with Crippen molar-refractivity contribution < 1.29 is 4.74 Å². The summed E-state index contributed by atoms with van der Waals surface area (Å²) in [6.07, 6.45) is 2.10. The van der Waals surface area contributed by atoms with Crippen molar-refractivity contribution in [1.29, 1.82) is 0 Å². The van der Waals surface area contributed by atoms with Crippen molar-refractivity contribution in [2.75, 3.05) is 32.7 Å². The monoisotopic (exact) mass is 240 g/mol. The number of nitrogens with one attached hydrogen (secondary N) is 1. The van der Waals surface area contributed by atoms with Gasteiger partial charge in [0.1, 0.15) is 0 Å². The molecular formula is C14H28N2O. The highest BCUT2D eigenvalue weighted by Crippen LogP contribution is 2.35. The fraction of sp³-hybridized carbons (Fsp3) is 1.00. The maximum atomic E-state index is 5.82. The third kappa shape index (κ3) is 3.01. The molecule has 0 amide bonds. The van der Waals surface area contributed by atoms with Crippen LogP contribution in [0, 0.1) is 11.3 Å². The minimum Gasteiger partial charge on any atom is -0.373 e. The minimum absolute atomic E-state index is 0.386. The maximum absolute atomic E-state index is 5.82. The number of hydrogen-bond donors (Lipinski definition) is 1. The van der Waals surface area contributed by atoms with Gasteiger partial charge in [-0.3, -0.25) is 4.90 Å². The van der Waals surface area contributed by atoms with Crippen LogP contribution in [0.1, 0.15) is 34.1 Å². The predicted molar refractivity (Wildman–Crippen MR) is 71.2 cm³/mol. The van der Waals surface area contributed by atoms with E-state index in [4.69, 9.17) is 4.74 Å². The Bertz CT molecular complexity index is 239. The molecule has 1 unspecified atom stereocenters. The van der Waals surface area contributed by atoms with E-state index in [1.165, 1.54) is 26.1 Å². The molecule has 0 saturated carbocycles. The second-order valence-electron chi connectivity index (χ2n) is 6.40. The Balaban J connectivity index is 1.98. The number of nitrogens with zero attached hydrogens (tertiary/aromatic N) is 1. The van der Waals surface area contributed by atoms with E-state index in [0.717, 1.165) is 19.0 Å². The molecule has 2 heterocycles. The second-order valence-corrected chi connectivity index (χ2v) is 6.40. The summed E-state index contributed by atoms with van der Waals surface area (Å²) in [5.74, 6) is 0.756. The predicted octanol–water partition coefficient (Wildman–Crippen LogP) is 1.73. The summed E-state index contributed by atoms with van der Waals surface area (Å²) in [4.78, 5) is 2.62. The Morgan fingerprint density at radius 3 is 2.41 bits per heavy atom. The molecule has 2 aliphatic rings. The second kappa shape index (κ2) is 5.25. The SMILES string of the molecule is CC(C)C1(CN2C[C@@H](C)O[C@@H](C)C2)CCNC1. The molecule has 1 N–H and O–H groups in total. The number of ether oxygens (including phenoxy) is 1. The highest BCUT2D eigenvalue weighted by molar-refractivity contribution is 4.93. The number of hydrogen-bond acceptors (Lipinski definition) is 3. The van der Waals surface area contributed by atoms with Crippen LogP contribution < -0.4 is 5.32 Å². The Morgan fingerprint density at radius 2 is 1.94 bits per heavy atom. The fourth-order valence-corrected chi connectivity index (χ4v) is 3.43. The standard InChI is InChI=1S/C14H28N2O/c1-11(2)14(5-6-15-9-14)10-16-7-12(3)17-13(4)8-16/h11-13,15H,5-10H2,1-4H3/t12-,13+,14?. The van der Waals surface area contributed by atoms with Crippen LogP contribution in [0.4, 0.5) is 0 Å². The molecule has 2 rings (SSSR count). The lowest BCUT2D eigenvalue weighted by molar-refractivity contribution is -0.0797. The first-order valence-corrected chi connectivity index (χ1v) is 7.10. The molecule has 0 aromatic heterocycles. The quantitative estimate of drug-likeness (QED) is 0.813. The van der Waals surface area contributed by atoms with Crippen molar-refractivity contribution in [2.45, 2.75) is 46.3 Å². The van der Waals surface area contributed by atoms with Gasteiger partial charge in [-0.2, -0.15) is 0 Å². The van der Waals surface area contributed by atoms with Crippen LogP contribution in [0.25, 0.3) is 0 Å². The van der Waals surface area contributed by atoms with Gasteiger partial charge in [0.05, 0.1) is 12.2 Å². The van der Waals surface area contributed by atoms with Crippen LogP contribution in [0.5, 0.6) is 0 Å². The Kier molecular flexibility index (Phi) is 4.11. The van der Waals surface area contributed by atoms with Gasteiger partial charge in [-0.05, 0) is 38.1 Å². The molecule has 100 valence electrons. The third-order valence-corrected chi connectivity index (χ3v) is 4.54. The summed E-state index contributed by atoms with van der Waals surface area (Å²) in [6.45, 7) is 14.9. The molecule has 3 nitrogen and oxygen atoms in total. The maximum Gasteiger partial charge on any atom is 0.0678 e. The smallest absolute Gasteiger partial charge is 0.0678 e. The average Bonchev–Trinajstić information content (AvgIpc) is 2.65. The van der Waals surface area contributed by atoms with Gasteiger partial charge in [-0.1, -0.05) is 13.8 Å². The summed E-state index contributed by atoms with van der Waals surface area (Å²) < 4.78 is 5.82. The first-order valence-electron chi connectivity index (χ1n) is 7.10. The van der Waals surface area contributed by atoms with Crippen molar-refractivity contribution in [2.24, 2.45) is 11.3 Å². The van der Waals surface area contributed by atoms with Crippen molar-refractivity contribution in [3.63, 3.8) is 0 Å². The van der Waals surface area contributed by atoms with E-state index in [9.17, 15) is 0 Å². The molecule has 0 spiro atoms. The molecule has 2 aliphatic heterocycles. The van der Waals surface area contributed by atoms with Gasteiger partial charge >= 0.3 is 0 Å². The molecule has 0 bridgehead atoms. The van der Waals surface area contributed by atoms with Crippen LogP contribution in [-0.2, 0) is 4.74 Å². The Hall–Kier alpha value is -0.120. The Morgan fingerprint density at radius 1 is 1.29 bits per heavy atom. The van der Waals surface area contributed by atoms with E-state index in [2.05, 4.69) is 37.9 Å². The van der Waals surface area contributed by atoms with Gasteiger partial charge in [-0.25, -0.2) is 0 Å². The molecule has 0 aromatic carbocycles.